The van der Waals surface area contributed by atoms with E-state index in [-0.39, 0.29) is 12.0 Å². The molecule has 0 spiro atoms. The summed E-state index contributed by atoms with van der Waals surface area (Å²) in [4.78, 5) is 16.7. The summed E-state index contributed by atoms with van der Waals surface area (Å²) in [5.74, 6) is 0.697. The Kier molecular flexibility index (Phi) is 3.90. The van der Waals surface area contributed by atoms with Gasteiger partial charge in [-0.1, -0.05) is 11.6 Å². The number of amides is 1. The first kappa shape index (κ1) is 15.4. The molecule has 24 heavy (non-hydrogen) atoms. The van der Waals surface area contributed by atoms with Crippen molar-refractivity contribution in [2.45, 2.75) is 31.4 Å². The Labute approximate surface area is 145 Å². The lowest BCUT2D eigenvalue weighted by molar-refractivity contribution is 0.0951. The van der Waals surface area contributed by atoms with Gasteiger partial charge in [-0.3, -0.25) is 9.78 Å². The molecule has 1 aromatic heterocycles. The molecular formula is C18H18ClN3O2. The first-order chi connectivity index (χ1) is 11.6. The number of hydrogen-bond acceptors (Lipinski definition) is 4. The molecule has 0 radical (unpaired) electrons. The summed E-state index contributed by atoms with van der Waals surface area (Å²) in [7, 11) is 0. The molecule has 2 aromatic rings. The largest absolute Gasteiger partial charge is 0.488 e. The molecule has 3 N–H and O–H groups in total. The molecule has 2 heterocycles. The van der Waals surface area contributed by atoms with Gasteiger partial charge in [-0.15, -0.1) is 0 Å². The van der Waals surface area contributed by atoms with Crippen LogP contribution in [0.2, 0.25) is 5.02 Å². The van der Waals surface area contributed by atoms with Crippen LogP contribution in [0.15, 0.2) is 30.5 Å². The third-order valence-electron chi connectivity index (χ3n) is 4.34. The van der Waals surface area contributed by atoms with E-state index in [0.29, 0.717) is 28.9 Å². The molecule has 1 aliphatic carbocycles. The van der Waals surface area contributed by atoms with Gasteiger partial charge in [0.15, 0.2) is 0 Å². The summed E-state index contributed by atoms with van der Waals surface area (Å²) in [6, 6.07) is 7.54. The van der Waals surface area contributed by atoms with Crippen LogP contribution in [-0.2, 0) is 6.42 Å². The zero-order valence-electron chi connectivity index (χ0n) is 13.1. The minimum atomic E-state index is -0.0689. The maximum Gasteiger partial charge on any atom is 0.251 e. The first-order valence-electron chi connectivity index (χ1n) is 8.10. The van der Waals surface area contributed by atoms with E-state index in [1.54, 1.807) is 18.3 Å². The van der Waals surface area contributed by atoms with E-state index < -0.39 is 0 Å². The van der Waals surface area contributed by atoms with Crippen molar-refractivity contribution < 1.29 is 9.53 Å². The Bertz CT molecular complexity index is 805. The number of carbonyl (C=O) groups excluding carboxylic acids is 1. The van der Waals surface area contributed by atoms with E-state index in [9.17, 15) is 4.79 Å². The van der Waals surface area contributed by atoms with Crippen LogP contribution in [-0.4, -0.2) is 29.6 Å². The van der Waals surface area contributed by atoms with Crippen molar-refractivity contribution >= 4 is 17.5 Å². The second-order valence-corrected chi connectivity index (χ2v) is 6.74. The highest BCUT2D eigenvalue weighted by molar-refractivity contribution is 6.31. The number of rotatable bonds is 4. The second-order valence-electron chi connectivity index (χ2n) is 6.30. The third-order valence-corrected chi connectivity index (χ3v) is 4.55. The van der Waals surface area contributed by atoms with Gasteiger partial charge in [-0.05, 0) is 37.1 Å². The van der Waals surface area contributed by atoms with Crippen molar-refractivity contribution in [2.24, 2.45) is 5.73 Å². The summed E-state index contributed by atoms with van der Waals surface area (Å²) in [6.45, 7) is 0.447. The van der Waals surface area contributed by atoms with Crippen LogP contribution in [0.1, 0.15) is 28.8 Å². The number of ether oxygens (including phenoxy) is 1. The van der Waals surface area contributed by atoms with Gasteiger partial charge in [0.25, 0.3) is 5.91 Å². The van der Waals surface area contributed by atoms with Gasteiger partial charge < -0.3 is 15.8 Å². The molecule has 4 rings (SSSR count). The van der Waals surface area contributed by atoms with Crippen molar-refractivity contribution in [3.8, 4) is 17.0 Å². The summed E-state index contributed by atoms with van der Waals surface area (Å²) in [6.07, 6.45) is 4.44. The third kappa shape index (κ3) is 2.97. The van der Waals surface area contributed by atoms with Crippen molar-refractivity contribution in [1.82, 2.24) is 10.3 Å². The minimum absolute atomic E-state index is 0.0430. The van der Waals surface area contributed by atoms with E-state index in [4.69, 9.17) is 22.1 Å². The first-order valence-corrected chi connectivity index (χ1v) is 8.48. The van der Waals surface area contributed by atoms with Gasteiger partial charge >= 0.3 is 0 Å². The summed E-state index contributed by atoms with van der Waals surface area (Å²) >= 11 is 6.25. The zero-order valence-corrected chi connectivity index (χ0v) is 13.8. The van der Waals surface area contributed by atoms with E-state index >= 15 is 0 Å². The molecule has 1 unspecified atom stereocenters. The fourth-order valence-electron chi connectivity index (χ4n) is 2.93. The molecule has 2 aliphatic rings. The number of benzene rings is 1. The molecule has 1 aliphatic heterocycles. The average Bonchev–Trinajstić information content (AvgIpc) is 3.30. The molecule has 1 saturated carbocycles. The number of aromatic nitrogens is 1. The van der Waals surface area contributed by atoms with Gasteiger partial charge in [-0.25, -0.2) is 0 Å². The molecular weight excluding hydrogens is 326 g/mol. The fraction of sp³-hybridized carbons (Fsp3) is 0.333. The smallest absolute Gasteiger partial charge is 0.251 e. The minimum Gasteiger partial charge on any atom is -0.488 e. The molecule has 1 aromatic carbocycles. The van der Waals surface area contributed by atoms with Crippen LogP contribution in [0.5, 0.6) is 5.75 Å². The Balaban J connectivity index is 1.70. The normalized spacial score (nSPS) is 18.8. The van der Waals surface area contributed by atoms with Crippen LogP contribution in [0.3, 0.4) is 0 Å². The summed E-state index contributed by atoms with van der Waals surface area (Å²) in [5, 5.41) is 3.61. The number of fused-ring (bicyclic) bond motifs is 1. The van der Waals surface area contributed by atoms with Crippen molar-refractivity contribution in [2.75, 3.05) is 6.54 Å². The lowest BCUT2D eigenvalue weighted by Gasteiger charge is -2.12. The van der Waals surface area contributed by atoms with Gasteiger partial charge in [0, 0.05) is 46.9 Å². The van der Waals surface area contributed by atoms with E-state index in [2.05, 4.69) is 10.3 Å². The maximum absolute atomic E-state index is 12.3. The lowest BCUT2D eigenvalue weighted by Crippen LogP contribution is -2.25. The van der Waals surface area contributed by atoms with Crippen LogP contribution >= 0.6 is 11.6 Å². The average molecular weight is 344 g/mol. The van der Waals surface area contributed by atoms with Gasteiger partial charge in [-0.2, -0.15) is 0 Å². The van der Waals surface area contributed by atoms with Crippen LogP contribution in [0.25, 0.3) is 11.3 Å². The molecule has 0 bridgehead atoms. The number of halogens is 1. The molecule has 1 fully saturated rings. The van der Waals surface area contributed by atoms with Crippen LogP contribution in [0.4, 0.5) is 0 Å². The number of pyridine rings is 1. The zero-order chi connectivity index (χ0) is 16.7. The Hall–Kier alpha value is -2.11. The quantitative estimate of drug-likeness (QED) is 0.894. The topological polar surface area (TPSA) is 77.2 Å². The van der Waals surface area contributed by atoms with Crippen molar-refractivity contribution in [1.29, 1.82) is 0 Å². The van der Waals surface area contributed by atoms with E-state index in [1.165, 1.54) is 0 Å². The lowest BCUT2D eigenvalue weighted by atomic mass is 10.0. The highest BCUT2D eigenvalue weighted by Gasteiger charge is 2.27. The molecule has 124 valence electrons. The summed E-state index contributed by atoms with van der Waals surface area (Å²) in [5.41, 5.74) is 8.83. The Morgan fingerprint density at radius 3 is 2.96 bits per heavy atom. The number of carbonyl (C=O) groups is 1. The highest BCUT2D eigenvalue weighted by Crippen LogP contribution is 2.40. The number of hydrogen-bond donors (Lipinski definition) is 2. The molecule has 6 heteroatoms. The Morgan fingerprint density at radius 2 is 2.21 bits per heavy atom. The predicted octanol–water partition coefficient (Wildman–Crippen LogP) is 2.56. The standard InChI is InChI=1S/C18H18ClN3O2/c19-12-5-11-6-14(9-20)24-17(11)15(8-12)16-7-10(3-4-21-16)18(23)22-13-1-2-13/h3-5,7-8,13-14H,1-2,6,9,20H2,(H,22,23). The molecule has 1 amide bonds. The van der Waals surface area contributed by atoms with E-state index in [0.717, 1.165) is 36.1 Å². The monoisotopic (exact) mass is 343 g/mol. The van der Waals surface area contributed by atoms with Crippen molar-refractivity contribution in [3.63, 3.8) is 0 Å². The SMILES string of the molecule is NCC1Cc2cc(Cl)cc(-c3cc(C(=O)NC4CC4)ccn3)c2O1. The second kappa shape index (κ2) is 6.07. The number of nitrogens with one attached hydrogen (secondary N) is 1. The number of nitrogens with zero attached hydrogens (tertiary/aromatic N) is 1. The van der Waals surface area contributed by atoms with Gasteiger partial charge in [0.05, 0.1) is 5.69 Å². The molecule has 0 saturated heterocycles. The predicted molar refractivity (Wildman–Crippen MR) is 92.3 cm³/mol. The van der Waals surface area contributed by atoms with Gasteiger partial charge in [0.1, 0.15) is 11.9 Å². The molecule has 5 nitrogen and oxygen atoms in total. The van der Waals surface area contributed by atoms with Crippen molar-refractivity contribution in [3.05, 3.63) is 46.6 Å². The number of nitrogens with two attached hydrogens (primary N) is 1. The highest BCUT2D eigenvalue weighted by atomic mass is 35.5. The Morgan fingerprint density at radius 1 is 1.38 bits per heavy atom. The summed E-state index contributed by atoms with van der Waals surface area (Å²) < 4.78 is 5.95. The molecule has 1 atom stereocenters. The van der Waals surface area contributed by atoms with Gasteiger partial charge in [0.2, 0.25) is 0 Å². The van der Waals surface area contributed by atoms with Crippen LogP contribution in [0, 0.1) is 0 Å². The maximum atomic E-state index is 12.3. The van der Waals surface area contributed by atoms with Crippen LogP contribution < -0.4 is 15.8 Å². The van der Waals surface area contributed by atoms with E-state index in [1.807, 2.05) is 12.1 Å². The fourth-order valence-corrected chi connectivity index (χ4v) is 3.17.